The molecular formula is C57H105NO3. The van der Waals surface area contributed by atoms with E-state index in [1.54, 1.807) is 6.08 Å². The number of allylic oxidation sites excluding steroid dienone is 9. The van der Waals surface area contributed by atoms with Gasteiger partial charge in [0, 0.05) is 6.42 Å². The molecule has 0 saturated carbocycles. The fraction of sp³-hybridized carbons (Fsp3) is 0.807. The number of aliphatic hydroxyl groups excluding tert-OH is 2. The lowest BCUT2D eigenvalue weighted by atomic mass is 10.0. The molecule has 0 rings (SSSR count). The second-order valence-electron chi connectivity index (χ2n) is 18.3. The van der Waals surface area contributed by atoms with E-state index in [2.05, 4.69) is 67.8 Å². The summed E-state index contributed by atoms with van der Waals surface area (Å²) in [4.78, 5) is 12.4. The van der Waals surface area contributed by atoms with E-state index < -0.39 is 12.1 Å². The van der Waals surface area contributed by atoms with Gasteiger partial charge in [0.05, 0.1) is 18.8 Å². The number of hydrogen-bond donors (Lipinski definition) is 3. The number of amides is 1. The lowest BCUT2D eigenvalue weighted by Crippen LogP contribution is -2.45. The molecule has 1 amide bonds. The van der Waals surface area contributed by atoms with Crippen LogP contribution in [-0.2, 0) is 4.79 Å². The Hall–Kier alpha value is -1.91. The van der Waals surface area contributed by atoms with Crippen molar-refractivity contribution in [3.63, 3.8) is 0 Å². The van der Waals surface area contributed by atoms with Crippen LogP contribution in [0.5, 0.6) is 0 Å². The maximum absolute atomic E-state index is 12.4. The summed E-state index contributed by atoms with van der Waals surface area (Å²) in [7, 11) is 0. The molecule has 0 heterocycles. The van der Waals surface area contributed by atoms with Crippen LogP contribution in [0.1, 0.15) is 277 Å². The van der Waals surface area contributed by atoms with E-state index in [1.807, 2.05) is 6.08 Å². The Morgan fingerprint density at radius 2 is 0.689 bits per heavy atom. The highest BCUT2D eigenvalue weighted by Crippen LogP contribution is 2.16. The number of rotatable bonds is 49. The first-order chi connectivity index (χ1) is 30.2. The molecular weight excluding hydrogens is 747 g/mol. The fourth-order valence-electron chi connectivity index (χ4n) is 8.09. The topological polar surface area (TPSA) is 69.6 Å². The smallest absolute Gasteiger partial charge is 0.220 e. The van der Waals surface area contributed by atoms with Crippen LogP contribution in [-0.4, -0.2) is 34.9 Å². The Kier molecular flexibility index (Phi) is 50.8. The molecule has 356 valence electrons. The molecule has 0 aliphatic rings. The Morgan fingerprint density at radius 1 is 0.393 bits per heavy atom. The SMILES string of the molecule is CCCCCCC/C=C\C/C=C\C/C=C\CCCCCCCCCCCCCCCCCCCCCCCCC(=O)NC(CO)C(O)/C=C/CC/C=C/CCCCCCCC. The molecule has 0 fully saturated rings. The van der Waals surface area contributed by atoms with Crippen molar-refractivity contribution in [3.8, 4) is 0 Å². The Bertz CT molecular complexity index is 1010. The zero-order chi connectivity index (χ0) is 44.2. The van der Waals surface area contributed by atoms with Crippen molar-refractivity contribution in [1.82, 2.24) is 5.32 Å². The van der Waals surface area contributed by atoms with Gasteiger partial charge in [-0.05, 0) is 70.6 Å². The molecule has 0 aromatic heterocycles. The van der Waals surface area contributed by atoms with Crippen LogP contribution in [0, 0.1) is 0 Å². The Balaban J connectivity index is 3.43. The molecule has 0 saturated heterocycles. The molecule has 2 unspecified atom stereocenters. The van der Waals surface area contributed by atoms with Crippen LogP contribution in [0.2, 0.25) is 0 Å². The normalized spacial score (nSPS) is 13.3. The summed E-state index contributed by atoms with van der Waals surface area (Å²) >= 11 is 0. The maximum Gasteiger partial charge on any atom is 0.220 e. The first-order valence-electron chi connectivity index (χ1n) is 27.0. The first-order valence-corrected chi connectivity index (χ1v) is 27.0. The van der Waals surface area contributed by atoms with Gasteiger partial charge in [-0.25, -0.2) is 0 Å². The van der Waals surface area contributed by atoms with E-state index in [1.165, 1.54) is 212 Å². The van der Waals surface area contributed by atoms with Crippen LogP contribution in [0.15, 0.2) is 60.8 Å². The summed E-state index contributed by atoms with van der Waals surface area (Å²) in [5.41, 5.74) is 0. The van der Waals surface area contributed by atoms with Gasteiger partial charge in [0.25, 0.3) is 0 Å². The van der Waals surface area contributed by atoms with E-state index in [0.29, 0.717) is 6.42 Å². The molecule has 0 bridgehead atoms. The van der Waals surface area contributed by atoms with Crippen molar-refractivity contribution in [2.45, 2.75) is 289 Å². The van der Waals surface area contributed by atoms with E-state index in [-0.39, 0.29) is 12.5 Å². The highest BCUT2D eigenvalue weighted by Gasteiger charge is 2.17. The Labute approximate surface area is 381 Å². The minimum absolute atomic E-state index is 0.0726. The highest BCUT2D eigenvalue weighted by atomic mass is 16.3. The van der Waals surface area contributed by atoms with Crippen molar-refractivity contribution in [2.75, 3.05) is 6.61 Å². The molecule has 0 aromatic carbocycles. The molecule has 0 aliphatic carbocycles. The molecule has 3 N–H and O–H groups in total. The lowest BCUT2D eigenvalue weighted by Gasteiger charge is -2.19. The van der Waals surface area contributed by atoms with Gasteiger partial charge in [-0.15, -0.1) is 0 Å². The number of hydrogen-bond acceptors (Lipinski definition) is 3. The van der Waals surface area contributed by atoms with Gasteiger partial charge >= 0.3 is 0 Å². The van der Waals surface area contributed by atoms with Crippen molar-refractivity contribution in [3.05, 3.63) is 60.8 Å². The largest absolute Gasteiger partial charge is 0.394 e. The number of nitrogens with one attached hydrogen (secondary N) is 1. The van der Waals surface area contributed by atoms with Gasteiger partial charge in [-0.2, -0.15) is 0 Å². The number of aliphatic hydroxyl groups is 2. The summed E-state index contributed by atoms with van der Waals surface area (Å²) in [6.45, 7) is 4.27. The second-order valence-corrected chi connectivity index (χ2v) is 18.3. The summed E-state index contributed by atoms with van der Waals surface area (Å²) in [6.07, 6.45) is 73.9. The second kappa shape index (κ2) is 52.4. The summed E-state index contributed by atoms with van der Waals surface area (Å²) in [5, 5.41) is 23.0. The summed E-state index contributed by atoms with van der Waals surface area (Å²) < 4.78 is 0. The number of unbranched alkanes of at least 4 members (excludes halogenated alkanes) is 34. The Morgan fingerprint density at radius 3 is 1.07 bits per heavy atom. The minimum Gasteiger partial charge on any atom is -0.394 e. The number of carbonyl (C=O) groups is 1. The van der Waals surface area contributed by atoms with E-state index in [9.17, 15) is 15.0 Å². The van der Waals surface area contributed by atoms with Crippen LogP contribution in [0.3, 0.4) is 0 Å². The van der Waals surface area contributed by atoms with Crippen LogP contribution in [0.25, 0.3) is 0 Å². The molecule has 0 aliphatic heterocycles. The average molecular weight is 852 g/mol. The van der Waals surface area contributed by atoms with Crippen LogP contribution >= 0.6 is 0 Å². The van der Waals surface area contributed by atoms with Gasteiger partial charge in [-0.3, -0.25) is 4.79 Å². The van der Waals surface area contributed by atoms with Gasteiger partial charge < -0.3 is 15.5 Å². The van der Waals surface area contributed by atoms with Gasteiger partial charge in [0.15, 0.2) is 0 Å². The maximum atomic E-state index is 12.4. The van der Waals surface area contributed by atoms with Gasteiger partial charge in [0.1, 0.15) is 0 Å². The van der Waals surface area contributed by atoms with Crippen molar-refractivity contribution < 1.29 is 15.0 Å². The fourth-order valence-corrected chi connectivity index (χ4v) is 8.09. The predicted octanol–water partition coefficient (Wildman–Crippen LogP) is 17.6. The third kappa shape index (κ3) is 49.0. The van der Waals surface area contributed by atoms with E-state index in [4.69, 9.17) is 0 Å². The van der Waals surface area contributed by atoms with Gasteiger partial charge in [0.2, 0.25) is 5.91 Å². The van der Waals surface area contributed by atoms with Crippen molar-refractivity contribution in [2.24, 2.45) is 0 Å². The van der Waals surface area contributed by atoms with Crippen LogP contribution in [0.4, 0.5) is 0 Å². The van der Waals surface area contributed by atoms with Crippen LogP contribution < -0.4 is 5.32 Å². The minimum atomic E-state index is -0.860. The lowest BCUT2D eigenvalue weighted by molar-refractivity contribution is -0.123. The highest BCUT2D eigenvalue weighted by molar-refractivity contribution is 5.76. The molecule has 0 aromatic rings. The summed E-state index contributed by atoms with van der Waals surface area (Å²) in [6, 6.07) is -0.637. The van der Waals surface area contributed by atoms with Crippen molar-refractivity contribution in [1.29, 1.82) is 0 Å². The zero-order valence-corrected chi connectivity index (χ0v) is 40.9. The third-order valence-corrected chi connectivity index (χ3v) is 12.2. The molecule has 0 spiro atoms. The summed E-state index contributed by atoms with van der Waals surface area (Å²) in [5.74, 6) is -0.0726. The monoisotopic (exact) mass is 852 g/mol. The molecule has 61 heavy (non-hydrogen) atoms. The quantitative estimate of drug-likeness (QED) is 0.0422. The van der Waals surface area contributed by atoms with Gasteiger partial charge in [-0.1, -0.05) is 261 Å². The third-order valence-electron chi connectivity index (χ3n) is 12.2. The zero-order valence-electron chi connectivity index (χ0n) is 40.9. The number of carbonyl (C=O) groups excluding carboxylic acids is 1. The molecule has 4 heteroatoms. The van der Waals surface area contributed by atoms with E-state index in [0.717, 1.165) is 44.9 Å². The standard InChI is InChI=1S/C57H105NO3/c1-3-5-7-9-11-13-15-17-18-19-20-21-22-23-24-25-26-27-28-29-30-31-32-33-34-35-36-37-38-39-40-41-43-45-47-49-51-53-57(61)58-55(54-59)56(60)52-50-48-46-44-42-16-14-12-10-8-6-4-2/h15,17,19-20,22-23,42,44,50,52,55-56,59-60H,3-14,16,18,21,24-41,43,45-49,51,53-54H2,1-2H3,(H,58,61)/b17-15-,20-19-,23-22-,44-42+,52-50+. The van der Waals surface area contributed by atoms with Crippen molar-refractivity contribution >= 4 is 5.91 Å². The molecule has 0 radical (unpaired) electrons. The first kappa shape index (κ1) is 59.1. The molecule has 4 nitrogen and oxygen atoms in total. The average Bonchev–Trinajstić information content (AvgIpc) is 3.26. The van der Waals surface area contributed by atoms with E-state index >= 15 is 0 Å². The predicted molar refractivity (Wildman–Crippen MR) is 271 cm³/mol. The molecule has 2 atom stereocenters.